The van der Waals surface area contributed by atoms with E-state index >= 15 is 0 Å². The minimum atomic E-state index is -0.297. The lowest BCUT2D eigenvalue weighted by Crippen LogP contribution is -2.33. The summed E-state index contributed by atoms with van der Waals surface area (Å²) < 4.78 is 0. The molecule has 116 valence electrons. The molecule has 2 atom stereocenters. The molecule has 21 heavy (non-hydrogen) atoms. The first kappa shape index (κ1) is 16.6. The predicted molar refractivity (Wildman–Crippen MR) is 95.2 cm³/mol. The molecule has 2 unspecified atom stereocenters. The zero-order valence-corrected chi connectivity index (χ0v) is 14.1. The highest BCUT2D eigenvalue weighted by Crippen LogP contribution is 2.30. The van der Waals surface area contributed by atoms with Crippen molar-refractivity contribution in [3.8, 4) is 0 Å². The van der Waals surface area contributed by atoms with Crippen LogP contribution in [0.25, 0.3) is 0 Å². The van der Waals surface area contributed by atoms with Gasteiger partial charge in [-0.1, -0.05) is 44.5 Å². The second-order valence-corrected chi connectivity index (χ2v) is 7.18. The molecule has 0 aliphatic heterocycles. The molecule has 0 amide bonds. The molecule has 4 N–H and O–H groups in total. The van der Waals surface area contributed by atoms with Gasteiger partial charge in [-0.15, -0.1) is 11.8 Å². The number of nitrogens with two attached hydrogens (primary N) is 1. The van der Waals surface area contributed by atoms with E-state index in [1.54, 1.807) is 11.8 Å². The first-order chi connectivity index (χ1) is 10.1. The molecule has 3 nitrogen and oxygen atoms in total. The van der Waals surface area contributed by atoms with Gasteiger partial charge >= 0.3 is 0 Å². The van der Waals surface area contributed by atoms with Crippen LogP contribution in [-0.2, 0) is 0 Å². The van der Waals surface area contributed by atoms with Crippen molar-refractivity contribution in [2.24, 2.45) is 5.73 Å². The molecule has 0 aromatic heterocycles. The number of benzene rings is 1. The number of anilines is 1. The first-order valence-electron chi connectivity index (χ1n) is 7.63. The van der Waals surface area contributed by atoms with E-state index in [0.717, 1.165) is 47.6 Å². The van der Waals surface area contributed by atoms with Crippen LogP contribution in [0.1, 0.15) is 44.6 Å². The summed E-state index contributed by atoms with van der Waals surface area (Å²) in [5.74, 6) is 0.977. The van der Waals surface area contributed by atoms with Gasteiger partial charge in [0.15, 0.2) is 0 Å². The van der Waals surface area contributed by atoms with Gasteiger partial charge in [-0.25, -0.2) is 0 Å². The van der Waals surface area contributed by atoms with Crippen molar-refractivity contribution in [1.82, 2.24) is 0 Å². The third kappa shape index (κ3) is 4.34. The van der Waals surface area contributed by atoms with Crippen molar-refractivity contribution in [2.75, 3.05) is 11.1 Å². The minimum absolute atomic E-state index is 0.0856. The lowest BCUT2D eigenvalue weighted by atomic mass is 10.0. The number of hydrogen-bond acceptors (Lipinski definition) is 4. The number of aliphatic hydroxyl groups is 1. The van der Waals surface area contributed by atoms with Gasteiger partial charge in [-0.3, -0.25) is 0 Å². The first-order valence-corrected chi connectivity index (χ1v) is 9.03. The van der Waals surface area contributed by atoms with Crippen molar-refractivity contribution in [3.63, 3.8) is 0 Å². The predicted octanol–water partition coefficient (Wildman–Crippen LogP) is 3.54. The quantitative estimate of drug-likeness (QED) is 0.439. The van der Waals surface area contributed by atoms with E-state index in [1.165, 1.54) is 6.42 Å². The van der Waals surface area contributed by atoms with E-state index in [0.29, 0.717) is 4.99 Å². The fraction of sp³-hybridized carbons (Fsp3) is 0.562. The molecule has 2 rings (SSSR count). The number of rotatable bonds is 5. The van der Waals surface area contributed by atoms with Crippen molar-refractivity contribution < 1.29 is 5.11 Å². The third-order valence-electron chi connectivity index (χ3n) is 3.89. The Labute approximate surface area is 136 Å². The third-order valence-corrected chi connectivity index (χ3v) is 5.04. The molecule has 1 aliphatic rings. The summed E-state index contributed by atoms with van der Waals surface area (Å²) in [6.07, 6.45) is 5.01. The molecule has 0 saturated heterocycles. The molecule has 1 saturated carbocycles. The van der Waals surface area contributed by atoms with E-state index in [1.807, 2.05) is 12.1 Å². The average Bonchev–Trinajstić information content (AvgIpc) is 2.64. The van der Waals surface area contributed by atoms with Crippen LogP contribution >= 0.6 is 24.0 Å². The Morgan fingerprint density at radius 2 is 2.14 bits per heavy atom. The number of nitrogens with one attached hydrogen (secondary N) is 1. The van der Waals surface area contributed by atoms with Crippen LogP contribution in [0.3, 0.4) is 0 Å². The normalized spacial score (nSPS) is 22.6. The van der Waals surface area contributed by atoms with Crippen LogP contribution in [0.4, 0.5) is 5.69 Å². The highest BCUT2D eigenvalue weighted by Gasteiger charge is 2.23. The Bertz CT molecular complexity index is 493. The molecule has 5 heteroatoms. The standard InChI is InChI=1S/C16H24N2OS2/c1-2-21-14-10-6-8-12(15(14)16(17)20)18-11-7-4-3-5-9-13(11)19/h6,8,10-11,13,18-19H,2-5,7,9H2,1H3,(H2,17,20). The molecule has 0 heterocycles. The smallest absolute Gasteiger partial charge is 0.107 e. The van der Waals surface area contributed by atoms with Gasteiger partial charge in [0.2, 0.25) is 0 Å². The molecule has 0 bridgehead atoms. The second kappa shape index (κ2) is 8.01. The van der Waals surface area contributed by atoms with E-state index in [9.17, 15) is 5.11 Å². The highest BCUT2D eigenvalue weighted by atomic mass is 32.2. The summed E-state index contributed by atoms with van der Waals surface area (Å²) in [6.45, 7) is 2.11. The van der Waals surface area contributed by atoms with Crippen LogP contribution < -0.4 is 11.1 Å². The molecule has 1 aromatic rings. The summed E-state index contributed by atoms with van der Waals surface area (Å²) in [5, 5.41) is 13.8. The van der Waals surface area contributed by atoms with Crippen molar-refractivity contribution >= 4 is 34.7 Å². The van der Waals surface area contributed by atoms with Gasteiger partial charge < -0.3 is 16.2 Å². The van der Waals surface area contributed by atoms with E-state index in [-0.39, 0.29) is 12.1 Å². The largest absolute Gasteiger partial charge is 0.391 e. The molecule has 0 spiro atoms. The molecule has 1 fully saturated rings. The molecular formula is C16H24N2OS2. The van der Waals surface area contributed by atoms with Crippen LogP contribution in [0, 0.1) is 0 Å². The van der Waals surface area contributed by atoms with Gasteiger partial charge in [-0.05, 0) is 30.7 Å². The topological polar surface area (TPSA) is 58.3 Å². The Hall–Kier alpha value is -0.780. The highest BCUT2D eigenvalue weighted by molar-refractivity contribution is 7.99. The van der Waals surface area contributed by atoms with Gasteiger partial charge in [-0.2, -0.15) is 0 Å². The fourth-order valence-electron chi connectivity index (χ4n) is 2.84. The van der Waals surface area contributed by atoms with E-state index in [4.69, 9.17) is 18.0 Å². The van der Waals surface area contributed by atoms with Gasteiger partial charge in [0.1, 0.15) is 4.99 Å². The van der Waals surface area contributed by atoms with Gasteiger partial charge in [0, 0.05) is 16.1 Å². The molecule has 0 radical (unpaired) electrons. The zero-order valence-electron chi connectivity index (χ0n) is 12.5. The van der Waals surface area contributed by atoms with Crippen molar-refractivity contribution in [2.45, 2.75) is 56.1 Å². The maximum Gasteiger partial charge on any atom is 0.107 e. The number of thioether (sulfide) groups is 1. The lowest BCUT2D eigenvalue weighted by molar-refractivity contribution is 0.144. The Balaban J connectivity index is 2.25. The van der Waals surface area contributed by atoms with Crippen LogP contribution in [0.5, 0.6) is 0 Å². The summed E-state index contributed by atoms with van der Waals surface area (Å²) in [6, 6.07) is 6.16. The van der Waals surface area contributed by atoms with Crippen LogP contribution in [0.2, 0.25) is 0 Å². The summed E-state index contributed by atoms with van der Waals surface area (Å²) >= 11 is 6.98. The van der Waals surface area contributed by atoms with E-state index in [2.05, 4.69) is 18.3 Å². The van der Waals surface area contributed by atoms with Crippen LogP contribution in [0.15, 0.2) is 23.1 Å². The number of hydrogen-bond donors (Lipinski definition) is 3. The van der Waals surface area contributed by atoms with Gasteiger partial charge in [0.05, 0.1) is 12.1 Å². The zero-order chi connectivity index (χ0) is 15.2. The molecule has 1 aliphatic carbocycles. The fourth-order valence-corrected chi connectivity index (χ4v) is 3.97. The van der Waals surface area contributed by atoms with Crippen LogP contribution in [-0.4, -0.2) is 28.0 Å². The SMILES string of the molecule is CCSc1cccc(NC2CCCCCC2O)c1C(N)=S. The average molecular weight is 325 g/mol. The molecular weight excluding hydrogens is 300 g/mol. The lowest BCUT2D eigenvalue weighted by Gasteiger charge is -2.25. The Morgan fingerprint density at radius 1 is 1.38 bits per heavy atom. The number of aliphatic hydroxyl groups excluding tert-OH is 1. The summed E-state index contributed by atoms with van der Waals surface area (Å²) in [7, 11) is 0. The van der Waals surface area contributed by atoms with Gasteiger partial charge in [0.25, 0.3) is 0 Å². The second-order valence-electron chi connectivity index (χ2n) is 5.43. The van der Waals surface area contributed by atoms with E-state index < -0.39 is 0 Å². The molecule has 1 aromatic carbocycles. The summed E-state index contributed by atoms with van der Waals surface area (Å²) in [5.41, 5.74) is 7.80. The monoisotopic (exact) mass is 324 g/mol. The Morgan fingerprint density at radius 3 is 2.86 bits per heavy atom. The summed E-state index contributed by atoms with van der Waals surface area (Å²) in [4.78, 5) is 1.52. The minimum Gasteiger partial charge on any atom is -0.391 e. The van der Waals surface area contributed by atoms with Crippen molar-refractivity contribution in [1.29, 1.82) is 0 Å². The number of thiocarbonyl (C=S) groups is 1. The Kier molecular flexibility index (Phi) is 6.33. The van der Waals surface area contributed by atoms with Crippen molar-refractivity contribution in [3.05, 3.63) is 23.8 Å². The maximum absolute atomic E-state index is 10.3. The maximum atomic E-state index is 10.3.